The fourth-order valence-electron chi connectivity index (χ4n) is 1.41. The van der Waals surface area contributed by atoms with Crippen LogP contribution >= 0.6 is 0 Å². The largest absolute Gasteiger partial charge is 0.310 e. The minimum Gasteiger partial charge on any atom is -0.310 e. The van der Waals surface area contributed by atoms with Crippen LogP contribution in [0.5, 0.6) is 0 Å². The second kappa shape index (κ2) is 4.33. The molecule has 0 bridgehead atoms. The molecule has 0 fully saturated rings. The Balaban J connectivity index is 3.16. The van der Waals surface area contributed by atoms with Crippen LogP contribution in [0.1, 0.15) is 18.5 Å². The smallest absolute Gasteiger partial charge is 0.163 e. The molecule has 1 aromatic rings. The molecule has 1 atom stereocenters. The van der Waals surface area contributed by atoms with Gasteiger partial charge < -0.3 is 5.32 Å². The predicted molar refractivity (Wildman–Crippen MR) is 53.0 cm³/mol. The number of nitrogens with one attached hydrogen (secondary N) is 1. The second-order valence-electron chi connectivity index (χ2n) is 3.21. The number of rotatable bonds is 3. The van der Waals surface area contributed by atoms with Crippen molar-refractivity contribution in [3.8, 4) is 0 Å². The number of likely N-dealkylation sites (N-methyl/N-ethyl adjacent to an activating group) is 1. The topological polar surface area (TPSA) is 12.0 Å². The van der Waals surface area contributed by atoms with Crippen LogP contribution in [0.3, 0.4) is 0 Å². The van der Waals surface area contributed by atoms with E-state index < -0.39 is 11.6 Å². The van der Waals surface area contributed by atoms with Crippen LogP contribution in [0.15, 0.2) is 30.4 Å². The van der Waals surface area contributed by atoms with E-state index in [1.165, 1.54) is 6.07 Å². The van der Waals surface area contributed by atoms with Gasteiger partial charge in [-0.2, -0.15) is 0 Å². The molecule has 0 aromatic heterocycles. The van der Waals surface area contributed by atoms with E-state index in [4.69, 9.17) is 0 Å². The molecule has 0 spiro atoms. The van der Waals surface area contributed by atoms with Gasteiger partial charge in [-0.05, 0) is 20.0 Å². The Morgan fingerprint density at radius 2 is 2.07 bits per heavy atom. The molecule has 1 rings (SSSR count). The molecule has 0 aliphatic heterocycles. The van der Waals surface area contributed by atoms with E-state index in [9.17, 15) is 8.78 Å². The lowest BCUT2D eigenvalue weighted by Crippen LogP contribution is -2.18. The van der Waals surface area contributed by atoms with Crippen molar-refractivity contribution in [3.63, 3.8) is 0 Å². The fraction of sp³-hybridized carbons (Fsp3) is 0.273. The minimum absolute atomic E-state index is 0.292. The van der Waals surface area contributed by atoms with Crippen molar-refractivity contribution >= 4 is 0 Å². The van der Waals surface area contributed by atoms with E-state index in [1.807, 2.05) is 0 Å². The Labute approximate surface area is 82.4 Å². The third-order valence-electron chi connectivity index (χ3n) is 2.07. The molecular formula is C11H13F2N. The van der Waals surface area contributed by atoms with E-state index >= 15 is 0 Å². The van der Waals surface area contributed by atoms with Gasteiger partial charge in [0, 0.05) is 5.56 Å². The fourth-order valence-corrected chi connectivity index (χ4v) is 1.41. The van der Waals surface area contributed by atoms with Crippen molar-refractivity contribution in [3.05, 3.63) is 47.5 Å². The van der Waals surface area contributed by atoms with Crippen molar-refractivity contribution in [2.45, 2.75) is 13.0 Å². The molecule has 0 aliphatic rings. The maximum absolute atomic E-state index is 13.3. The van der Waals surface area contributed by atoms with Gasteiger partial charge in [0.1, 0.15) is 0 Å². The summed E-state index contributed by atoms with van der Waals surface area (Å²) in [6.07, 6.45) is 0. The predicted octanol–water partition coefficient (Wildman–Crippen LogP) is 2.80. The summed E-state index contributed by atoms with van der Waals surface area (Å²) in [5.41, 5.74) is 1.04. The third-order valence-corrected chi connectivity index (χ3v) is 2.07. The molecule has 76 valence electrons. The van der Waals surface area contributed by atoms with E-state index in [-0.39, 0.29) is 6.04 Å². The molecule has 1 unspecified atom stereocenters. The standard InChI is InChI=1S/C11H13F2N/c1-7(2)11(14-3)8-5-4-6-9(12)10(8)13/h4-6,11,14H,1H2,2-3H3. The van der Waals surface area contributed by atoms with Crippen molar-refractivity contribution < 1.29 is 8.78 Å². The molecule has 3 heteroatoms. The molecule has 1 aromatic carbocycles. The molecule has 0 saturated carbocycles. The summed E-state index contributed by atoms with van der Waals surface area (Å²) in [6.45, 7) is 5.49. The van der Waals surface area contributed by atoms with Gasteiger partial charge in [0.2, 0.25) is 0 Å². The monoisotopic (exact) mass is 197 g/mol. The highest BCUT2D eigenvalue weighted by Gasteiger charge is 2.16. The Hall–Kier alpha value is -1.22. The van der Waals surface area contributed by atoms with Gasteiger partial charge in [-0.25, -0.2) is 8.78 Å². The Bertz CT molecular complexity index is 347. The maximum atomic E-state index is 13.3. The van der Waals surface area contributed by atoms with Crippen molar-refractivity contribution in [1.29, 1.82) is 0 Å². The first kappa shape index (κ1) is 10.9. The summed E-state index contributed by atoms with van der Waals surface area (Å²) in [5, 5.41) is 2.88. The van der Waals surface area contributed by atoms with Crippen LogP contribution in [-0.2, 0) is 0 Å². The zero-order valence-corrected chi connectivity index (χ0v) is 8.27. The first-order valence-electron chi connectivity index (χ1n) is 4.34. The van der Waals surface area contributed by atoms with Crippen LogP contribution in [-0.4, -0.2) is 7.05 Å². The minimum atomic E-state index is -0.830. The Kier molecular flexibility index (Phi) is 3.36. The van der Waals surface area contributed by atoms with Crippen molar-refractivity contribution in [2.75, 3.05) is 7.05 Å². The first-order valence-corrected chi connectivity index (χ1v) is 4.34. The van der Waals surface area contributed by atoms with E-state index in [0.717, 1.165) is 11.6 Å². The van der Waals surface area contributed by atoms with Crippen LogP contribution in [0.25, 0.3) is 0 Å². The average molecular weight is 197 g/mol. The van der Waals surface area contributed by atoms with Gasteiger partial charge >= 0.3 is 0 Å². The number of benzene rings is 1. The molecule has 1 nitrogen and oxygen atoms in total. The molecule has 1 N–H and O–H groups in total. The molecule has 0 saturated heterocycles. The van der Waals surface area contributed by atoms with Crippen LogP contribution in [0.4, 0.5) is 8.78 Å². The van der Waals surface area contributed by atoms with Crippen LogP contribution in [0.2, 0.25) is 0 Å². The number of hydrogen-bond donors (Lipinski definition) is 1. The molecule has 0 aliphatic carbocycles. The first-order chi connectivity index (χ1) is 6.57. The van der Waals surface area contributed by atoms with E-state index in [0.29, 0.717) is 5.56 Å². The van der Waals surface area contributed by atoms with Gasteiger partial charge in [0.05, 0.1) is 6.04 Å². The lowest BCUT2D eigenvalue weighted by Gasteiger charge is -2.17. The van der Waals surface area contributed by atoms with Gasteiger partial charge in [-0.3, -0.25) is 0 Å². The highest BCUT2D eigenvalue weighted by Crippen LogP contribution is 2.23. The highest BCUT2D eigenvalue weighted by atomic mass is 19.2. The SMILES string of the molecule is C=C(C)C(NC)c1cccc(F)c1F. The normalized spacial score (nSPS) is 12.6. The summed E-state index contributed by atoms with van der Waals surface area (Å²) in [4.78, 5) is 0. The lowest BCUT2D eigenvalue weighted by molar-refractivity contribution is 0.486. The van der Waals surface area contributed by atoms with Gasteiger partial charge in [0.15, 0.2) is 11.6 Å². The van der Waals surface area contributed by atoms with Crippen molar-refractivity contribution in [2.24, 2.45) is 0 Å². The second-order valence-corrected chi connectivity index (χ2v) is 3.21. The van der Waals surface area contributed by atoms with Crippen LogP contribution < -0.4 is 5.32 Å². The summed E-state index contributed by atoms with van der Waals surface area (Å²) in [6, 6.07) is 3.80. The quantitative estimate of drug-likeness (QED) is 0.735. The summed E-state index contributed by atoms with van der Waals surface area (Å²) < 4.78 is 26.2. The van der Waals surface area contributed by atoms with E-state index in [2.05, 4.69) is 11.9 Å². The Morgan fingerprint density at radius 1 is 1.43 bits per heavy atom. The third kappa shape index (κ3) is 1.99. The van der Waals surface area contributed by atoms with E-state index in [1.54, 1.807) is 20.0 Å². The lowest BCUT2D eigenvalue weighted by atomic mass is 10.0. The summed E-state index contributed by atoms with van der Waals surface area (Å²) >= 11 is 0. The number of halogens is 2. The summed E-state index contributed by atoms with van der Waals surface area (Å²) in [7, 11) is 1.68. The van der Waals surface area contributed by atoms with Gasteiger partial charge in [0.25, 0.3) is 0 Å². The molecule has 0 amide bonds. The van der Waals surface area contributed by atoms with Crippen molar-refractivity contribution in [1.82, 2.24) is 5.32 Å². The zero-order chi connectivity index (χ0) is 10.7. The zero-order valence-electron chi connectivity index (χ0n) is 8.27. The average Bonchev–Trinajstić information content (AvgIpc) is 2.13. The number of hydrogen-bond acceptors (Lipinski definition) is 1. The summed E-state index contributed by atoms with van der Waals surface area (Å²) in [5.74, 6) is -1.64. The highest BCUT2D eigenvalue weighted by molar-refractivity contribution is 5.28. The maximum Gasteiger partial charge on any atom is 0.163 e. The molecule has 14 heavy (non-hydrogen) atoms. The van der Waals surface area contributed by atoms with Gasteiger partial charge in [-0.15, -0.1) is 0 Å². The van der Waals surface area contributed by atoms with Crippen LogP contribution in [0, 0.1) is 11.6 Å². The molecular weight excluding hydrogens is 184 g/mol. The molecule has 0 heterocycles. The Morgan fingerprint density at radius 3 is 2.57 bits per heavy atom. The van der Waals surface area contributed by atoms with Gasteiger partial charge in [-0.1, -0.05) is 24.3 Å². The molecule has 0 radical (unpaired) electrons.